The summed E-state index contributed by atoms with van der Waals surface area (Å²) in [6.07, 6.45) is 6.53. The molecule has 3 rings (SSSR count). The number of nitrogens with one attached hydrogen (secondary N) is 2. The van der Waals surface area contributed by atoms with Crippen LogP contribution in [0.4, 0.5) is 11.8 Å². The summed E-state index contributed by atoms with van der Waals surface area (Å²) in [4.78, 5) is 23.0. The SMILES string of the molecule is CN(C)c1ccnc(N[C@H]2CC[C@@H](NC(=O)CCc3ccccc3O)CC2)n1. The zero-order valence-corrected chi connectivity index (χ0v) is 16.6. The molecule has 1 fully saturated rings. The van der Waals surface area contributed by atoms with E-state index in [1.165, 1.54) is 0 Å². The largest absolute Gasteiger partial charge is 0.508 e. The van der Waals surface area contributed by atoms with Crippen LogP contribution in [0.5, 0.6) is 5.75 Å². The Morgan fingerprint density at radius 3 is 2.57 bits per heavy atom. The van der Waals surface area contributed by atoms with Crippen LogP contribution in [0.1, 0.15) is 37.7 Å². The Bertz CT molecular complexity index is 788. The number of aryl methyl sites for hydroxylation is 1. The van der Waals surface area contributed by atoms with E-state index < -0.39 is 0 Å². The van der Waals surface area contributed by atoms with Crippen LogP contribution >= 0.6 is 0 Å². The standard InChI is InChI=1S/C21H29N5O2/c1-26(2)19-13-14-22-21(25-19)24-17-10-8-16(9-11-17)23-20(28)12-7-15-5-3-4-6-18(15)27/h3-6,13-14,16-17,27H,7-12H2,1-2H3,(H,23,28)(H,22,24,25)/t16-,17+. The molecule has 0 spiro atoms. The Kier molecular flexibility index (Phi) is 6.68. The zero-order valence-electron chi connectivity index (χ0n) is 16.6. The zero-order chi connectivity index (χ0) is 19.9. The van der Waals surface area contributed by atoms with Crippen molar-refractivity contribution >= 4 is 17.7 Å². The van der Waals surface area contributed by atoms with Crippen LogP contribution < -0.4 is 15.5 Å². The van der Waals surface area contributed by atoms with E-state index in [-0.39, 0.29) is 17.7 Å². The van der Waals surface area contributed by atoms with E-state index in [2.05, 4.69) is 20.6 Å². The summed E-state index contributed by atoms with van der Waals surface area (Å²) in [7, 11) is 3.91. The second-order valence-corrected chi connectivity index (χ2v) is 7.52. The molecule has 1 aliphatic rings. The first-order valence-electron chi connectivity index (χ1n) is 9.84. The number of aromatic hydroxyl groups is 1. The molecule has 0 aliphatic heterocycles. The molecule has 1 saturated carbocycles. The van der Waals surface area contributed by atoms with Crippen LogP contribution in [-0.4, -0.2) is 47.2 Å². The van der Waals surface area contributed by atoms with E-state index in [9.17, 15) is 9.90 Å². The lowest BCUT2D eigenvalue weighted by Crippen LogP contribution is -2.40. The van der Waals surface area contributed by atoms with Crippen LogP contribution in [0.2, 0.25) is 0 Å². The van der Waals surface area contributed by atoms with E-state index in [0.717, 1.165) is 37.1 Å². The number of hydrogen-bond acceptors (Lipinski definition) is 6. The van der Waals surface area contributed by atoms with Gasteiger partial charge in [-0.1, -0.05) is 18.2 Å². The molecule has 0 radical (unpaired) electrons. The highest BCUT2D eigenvalue weighted by Crippen LogP contribution is 2.22. The van der Waals surface area contributed by atoms with Gasteiger partial charge in [-0.05, 0) is 49.8 Å². The van der Waals surface area contributed by atoms with Crippen molar-refractivity contribution in [2.45, 2.75) is 50.6 Å². The molecule has 7 heteroatoms. The van der Waals surface area contributed by atoms with Crippen LogP contribution in [-0.2, 0) is 11.2 Å². The van der Waals surface area contributed by atoms with Gasteiger partial charge in [-0.25, -0.2) is 4.98 Å². The molecule has 3 N–H and O–H groups in total. The third kappa shape index (κ3) is 5.58. The molecule has 1 aliphatic carbocycles. The fourth-order valence-electron chi connectivity index (χ4n) is 3.50. The van der Waals surface area contributed by atoms with Crippen LogP contribution in [0, 0.1) is 0 Å². The quantitative estimate of drug-likeness (QED) is 0.681. The van der Waals surface area contributed by atoms with Gasteiger partial charge in [0.1, 0.15) is 11.6 Å². The summed E-state index contributed by atoms with van der Waals surface area (Å²) in [6.45, 7) is 0. The number of benzene rings is 1. The monoisotopic (exact) mass is 383 g/mol. The van der Waals surface area contributed by atoms with Gasteiger partial charge in [0.25, 0.3) is 0 Å². The predicted molar refractivity (Wildman–Crippen MR) is 111 cm³/mol. The molecule has 28 heavy (non-hydrogen) atoms. The Morgan fingerprint density at radius 1 is 1.14 bits per heavy atom. The Labute approximate surface area is 166 Å². The van der Waals surface area contributed by atoms with Crippen molar-refractivity contribution in [1.29, 1.82) is 0 Å². The molecule has 0 unspecified atom stereocenters. The molecule has 0 bridgehead atoms. The van der Waals surface area contributed by atoms with Gasteiger partial charge in [-0.15, -0.1) is 0 Å². The van der Waals surface area contributed by atoms with Crippen LogP contribution in [0.25, 0.3) is 0 Å². The fraction of sp³-hybridized carbons (Fsp3) is 0.476. The first kappa shape index (κ1) is 19.9. The smallest absolute Gasteiger partial charge is 0.224 e. The average Bonchev–Trinajstić information content (AvgIpc) is 2.69. The minimum Gasteiger partial charge on any atom is -0.508 e. The van der Waals surface area contributed by atoms with E-state index in [0.29, 0.717) is 24.8 Å². The van der Waals surface area contributed by atoms with Crippen LogP contribution in [0.15, 0.2) is 36.5 Å². The van der Waals surface area contributed by atoms with Gasteiger partial charge in [0, 0.05) is 38.8 Å². The lowest BCUT2D eigenvalue weighted by Gasteiger charge is -2.29. The van der Waals surface area contributed by atoms with Crippen molar-refractivity contribution in [1.82, 2.24) is 15.3 Å². The maximum absolute atomic E-state index is 12.2. The molecule has 1 heterocycles. The topological polar surface area (TPSA) is 90.4 Å². The number of anilines is 2. The number of carbonyl (C=O) groups is 1. The molecular weight excluding hydrogens is 354 g/mol. The van der Waals surface area contributed by atoms with Crippen molar-refractivity contribution in [3.63, 3.8) is 0 Å². The normalized spacial score (nSPS) is 19.1. The highest BCUT2D eigenvalue weighted by atomic mass is 16.3. The highest BCUT2D eigenvalue weighted by molar-refractivity contribution is 5.76. The van der Waals surface area contributed by atoms with Gasteiger partial charge >= 0.3 is 0 Å². The van der Waals surface area contributed by atoms with Gasteiger partial charge < -0.3 is 20.6 Å². The fourth-order valence-corrected chi connectivity index (χ4v) is 3.50. The maximum Gasteiger partial charge on any atom is 0.224 e. The number of hydrogen-bond donors (Lipinski definition) is 3. The number of para-hydroxylation sites is 1. The number of aromatic nitrogens is 2. The van der Waals surface area contributed by atoms with E-state index >= 15 is 0 Å². The summed E-state index contributed by atoms with van der Waals surface area (Å²) in [5, 5.41) is 16.3. The van der Waals surface area contributed by atoms with E-state index in [1.807, 2.05) is 37.2 Å². The third-order valence-electron chi connectivity index (χ3n) is 5.14. The molecule has 0 atom stereocenters. The second kappa shape index (κ2) is 9.39. The Morgan fingerprint density at radius 2 is 1.86 bits per heavy atom. The molecule has 7 nitrogen and oxygen atoms in total. The number of phenols is 1. The summed E-state index contributed by atoms with van der Waals surface area (Å²) < 4.78 is 0. The summed E-state index contributed by atoms with van der Waals surface area (Å²) in [5.74, 6) is 1.83. The number of rotatable bonds is 7. The first-order chi connectivity index (χ1) is 13.5. The first-order valence-corrected chi connectivity index (χ1v) is 9.84. The summed E-state index contributed by atoms with van der Waals surface area (Å²) >= 11 is 0. The van der Waals surface area contributed by atoms with E-state index in [4.69, 9.17) is 0 Å². The number of phenolic OH excluding ortho intramolecular Hbond substituents is 1. The maximum atomic E-state index is 12.2. The van der Waals surface area contributed by atoms with Gasteiger partial charge in [0.05, 0.1) is 0 Å². The Balaban J connectivity index is 1.41. The van der Waals surface area contributed by atoms with Crippen molar-refractivity contribution in [3.05, 3.63) is 42.1 Å². The van der Waals surface area contributed by atoms with Gasteiger partial charge in [0.2, 0.25) is 11.9 Å². The molecular formula is C21H29N5O2. The molecule has 0 saturated heterocycles. The summed E-state index contributed by atoms with van der Waals surface area (Å²) in [6, 6.07) is 9.58. The molecule has 2 aromatic rings. The minimum absolute atomic E-state index is 0.0432. The van der Waals surface area contributed by atoms with Crippen molar-refractivity contribution in [2.24, 2.45) is 0 Å². The van der Waals surface area contributed by atoms with Crippen LogP contribution in [0.3, 0.4) is 0 Å². The average molecular weight is 383 g/mol. The molecule has 1 aromatic carbocycles. The van der Waals surface area contributed by atoms with Gasteiger partial charge in [0.15, 0.2) is 0 Å². The lowest BCUT2D eigenvalue weighted by molar-refractivity contribution is -0.122. The number of carbonyl (C=O) groups excluding carboxylic acids is 1. The highest BCUT2D eigenvalue weighted by Gasteiger charge is 2.23. The summed E-state index contributed by atoms with van der Waals surface area (Å²) in [5.41, 5.74) is 0.811. The third-order valence-corrected chi connectivity index (χ3v) is 5.14. The van der Waals surface area contributed by atoms with Crippen molar-refractivity contribution in [2.75, 3.05) is 24.3 Å². The predicted octanol–water partition coefficient (Wildman–Crippen LogP) is 2.72. The number of nitrogens with zero attached hydrogens (tertiary/aromatic N) is 3. The molecule has 150 valence electrons. The lowest BCUT2D eigenvalue weighted by atomic mass is 9.91. The van der Waals surface area contributed by atoms with Crippen molar-refractivity contribution < 1.29 is 9.90 Å². The second-order valence-electron chi connectivity index (χ2n) is 7.52. The number of amides is 1. The minimum atomic E-state index is 0.0432. The Hall–Kier alpha value is -2.83. The molecule has 1 amide bonds. The van der Waals surface area contributed by atoms with E-state index in [1.54, 1.807) is 18.3 Å². The van der Waals surface area contributed by atoms with Crippen molar-refractivity contribution in [3.8, 4) is 5.75 Å². The molecule has 1 aromatic heterocycles. The van der Waals surface area contributed by atoms with Gasteiger partial charge in [-0.2, -0.15) is 4.98 Å². The van der Waals surface area contributed by atoms with Gasteiger partial charge in [-0.3, -0.25) is 4.79 Å².